The van der Waals surface area contributed by atoms with Gasteiger partial charge in [0.25, 0.3) is 5.91 Å². The molecule has 2 aromatic rings. The van der Waals surface area contributed by atoms with E-state index in [1.54, 1.807) is 18.2 Å². The van der Waals surface area contributed by atoms with Crippen molar-refractivity contribution >= 4 is 5.91 Å². The first-order chi connectivity index (χ1) is 11.4. The van der Waals surface area contributed by atoms with Crippen molar-refractivity contribution in [3.8, 4) is 11.1 Å². The summed E-state index contributed by atoms with van der Waals surface area (Å²) in [5.41, 5.74) is 1.11. The van der Waals surface area contributed by atoms with Gasteiger partial charge in [-0.3, -0.25) is 4.79 Å². The highest BCUT2D eigenvalue weighted by molar-refractivity contribution is 5.94. The smallest absolute Gasteiger partial charge is 0.256 e. The van der Waals surface area contributed by atoms with E-state index in [-0.39, 0.29) is 24.5 Å². The van der Waals surface area contributed by atoms with Crippen LogP contribution in [-0.2, 0) is 4.74 Å². The number of ether oxygens (including phenoxy) is 1. The molecule has 2 aromatic carbocycles. The zero-order chi connectivity index (χ0) is 17.7. The summed E-state index contributed by atoms with van der Waals surface area (Å²) in [5.74, 6) is -1.58. The van der Waals surface area contributed by atoms with E-state index in [0.717, 1.165) is 0 Å². The van der Waals surface area contributed by atoms with E-state index in [0.29, 0.717) is 11.1 Å². The topological polar surface area (TPSA) is 49.8 Å². The van der Waals surface area contributed by atoms with Crippen LogP contribution in [0.1, 0.15) is 10.4 Å². The molecule has 128 valence electrons. The van der Waals surface area contributed by atoms with Crippen LogP contribution in [0.4, 0.5) is 8.78 Å². The fraction of sp³-hybridized carbons (Fsp3) is 0.278. The normalized spacial score (nSPS) is 12.0. The molecule has 0 bridgehead atoms. The predicted octanol–water partition coefficient (Wildman–Crippen LogP) is 2.71. The summed E-state index contributed by atoms with van der Waals surface area (Å²) in [6.07, 6.45) is -0.842. The molecule has 0 heterocycles. The van der Waals surface area contributed by atoms with E-state index >= 15 is 0 Å². The molecule has 24 heavy (non-hydrogen) atoms. The number of methoxy groups -OCH3 is 1. The number of rotatable bonds is 6. The minimum atomic E-state index is -0.842. The van der Waals surface area contributed by atoms with Crippen LogP contribution in [0, 0.1) is 11.6 Å². The number of carbonyl (C=O) groups excluding carboxylic acids is 1. The van der Waals surface area contributed by atoms with Crippen LogP contribution in [0.15, 0.2) is 42.5 Å². The third-order valence-corrected chi connectivity index (χ3v) is 3.57. The van der Waals surface area contributed by atoms with Gasteiger partial charge < -0.3 is 14.7 Å². The summed E-state index contributed by atoms with van der Waals surface area (Å²) in [6, 6.07) is 9.88. The molecule has 0 fully saturated rings. The standard InChI is InChI=1S/C18H19F2NO3/c1-21(10-15(22)11-24-2)18(23)16-8-5-13(9-17(16)20)12-3-6-14(19)7-4-12/h3-9,15,22H,10-11H2,1-2H3. The van der Waals surface area contributed by atoms with Crippen LogP contribution >= 0.6 is 0 Å². The highest BCUT2D eigenvalue weighted by Crippen LogP contribution is 2.23. The van der Waals surface area contributed by atoms with Crippen LogP contribution in [0.25, 0.3) is 11.1 Å². The molecule has 1 amide bonds. The van der Waals surface area contributed by atoms with E-state index in [4.69, 9.17) is 4.74 Å². The Bertz CT molecular complexity index is 704. The number of likely N-dealkylation sites (N-methyl/N-ethyl adjacent to an activating group) is 1. The lowest BCUT2D eigenvalue weighted by atomic mass is 10.0. The van der Waals surface area contributed by atoms with E-state index in [1.165, 1.54) is 43.3 Å². The largest absolute Gasteiger partial charge is 0.389 e. The van der Waals surface area contributed by atoms with Gasteiger partial charge >= 0.3 is 0 Å². The molecule has 0 saturated heterocycles. The lowest BCUT2D eigenvalue weighted by Crippen LogP contribution is -2.36. The first-order valence-corrected chi connectivity index (χ1v) is 7.40. The average molecular weight is 335 g/mol. The summed E-state index contributed by atoms with van der Waals surface area (Å²) in [6.45, 7) is 0.120. The molecule has 1 atom stereocenters. The molecule has 1 N–H and O–H groups in total. The van der Waals surface area contributed by atoms with E-state index in [1.807, 2.05) is 0 Å². The molecular formula is C18H19F2NO3. The van der Waals surface area contributed by atoms with Crippen molar-refractivity contribution in [1.82, 2.24) is 4.90 Å². The number of hydrogen-bond donors (Lipinski definition) is 1. The minimum absolute atomic E-state index is 0.0336. The van der Waals surface area contributed by atoms with Gasteiger partial charge in [0.2, 0.25) is 0 Å². The van der Waals surface area contributed by atoms with Crippen LogP contribution < -0.4 is 0 Å². The molecule has 0 aliphatic rings. The molecule has 0 aromatic heterocycles. The maximum Gasteiger partial charge on any atom is 0.256 e. The van der Waals surface area contributed by atoms with Gasteiger partial charge in [0, 0.05) is 20.7 Å². The molecule has 0 saturated carbocycles. The van der Waals surface area contributed by atoms with Crippen molar-refractivity contribution in [2.75, 3.05) is 27.3 Å². The second kappa shape index (κ2) is 7.99. The Labute approximate surface area is 139 Å². The van der Waals surface area contributed by atoms with Crippen LogP contribution in [-0.4, -0.2) is 49.3 Å². The molecule has 0 spiro atoms. The summed E-state index contributed by atoms with van der Waals surface area (Å²) in [5, 5.41) is 9.66. The quantitative estimate of drug-likeness (QED) is 0.883. The summed E-state index contributed by atoms with van der Waals surface area (Å²) < 4.78 is 32.0. The summed E-state index contributed by atoms with van der Waals surface area (Å²) in [4.78, 5) is 13.5. The van der Waals surface area contributed by atoms with E-state index < -0.39 is 17.8 Å². The van der Waals surface area contributed by atoms with Crippen LogP contribution in [0.5, 0.6) is 0 Å². The number of benzene rings is 2. The van der Waals surface area contributed by atoms with E-state index in [9.17, 15) is 18.7 Å². The van der Waals surface area contributed by atoms with Crippen molar-refractivity contribution in [2.24, 2.45) is 0 Å². The van der Waals surface area contributed by atoms with Crippen molar-refractivity contribution in [1.29, 1.82) is 0 Å². The number of aliphatic hydroxyl groups is 1. The van der Waals surface area contributed by atoms with Gasteiger partial charge in [0.1, 0.15) is 11.6 Å². The molecule has 2 rings (SSSR count). The van der Waals surface area contributed by atoms with Crippen molar-refractivity contribution in [3.05, 3.63) is 59.7 Å². The highest BCUT2D eigenvalue weighted by Gasteiger charge is 2.19. The first kappa shape index (κ1) is 18.0. The number of nitrogens with zero attached hydrogens (tertiary/aromatic N) is 1. The number of amides is 1. The Morgan fingerprint density at radius 3 is 2.38 bits per heavy atom. The average Bonchev–Trinajstić information content (AvgIpc) is 2.55. The molecule has 1 unspecified atom stereocenters. The summed E-state index contributed by atoms with van der Waals surface area (Å²) >= 11 is 0. The molecule has 0 aliphatic heterocycles. The number of carbonyl (C=O) groups is 1. The molecule has 0 aliphatic carbocycles. The predicted molar refractivity (Wildman–Crippen MR) is 86.6 cm³/mol. The fourth-order valence-corrected chi connectivity index (χ4v) is 2.36. The van der Waals surface area contributed by atoms with Gasteiger partial charge in [-0.2, -0.15) is 0 Å². The first-order valence-electron chi connectivity index (χ1n) is 7.40. The Morgan fingerprint density at radius 1 is 1.17 bits per heavy atom. The Morgan fingerprint density at radius 2 is 1.79 bits per heavy atom. The molecule has 4 nitrogen and oxygen atoms in total. The minimum Gasteiger partial charge on any atom is -0.389 e. The van der Waals surface area contributed by atoms with Crippen molar-refractivity contribution < 1.29 is 23.4 Å². The van der Waals surface area contributed by atoms with Crippen LogP contribution in [0.3, 0.4) is 0 Å². The fourth-order valence-electron chi connectivity index (χ4n) is 2.36. The highest BCUT2D eigenvalue weighted by atomic mass is 19.1. The lowest BCUT2D eigenvalue weighted by molar-refractivity contribution is 0.0378. The number of aliphatic hydroxyl groups excluding tert-OH is 1. The van der Waals surface area contributed by atoms with Gasteiger partial charge in [-0.15, -0.1) is 0 Å². The zero-order valence-electron chi connectivity index (χ0n) is 13.5. The van der Waals surface area contributed by atoms with Crippen molar-refractivity contribution in [3.63, 3.8) is 0 Å². The Kier molecular flexibility index (Phi) is 6.00. The van der Waals surface area contributed by atoms with E-state index in [2.05, 4.69) is 0 Å². The second-order valence-electron chi connectivity index (χ2n) is 5.50. The Hall–Kier alpha value is -2.31. The molecule has 0 radical (unpaired) electrons. The lowest BCUT2D eigenvalue weighted by Gasteiger charge is -2.21. The van der Waals surface area contributed by atoms with Gasteiger partial charge in [0.15, 0.2) is 0 Å². The third-order valence-electron chi connectivity index (χ3n) is 3.57. The van der Waals surface area contributed by atoms with Crippen LogP contribution in [0.2, 0.25) is 0 Å². The number of hydrogen-bond acceptors (Lipinski definition) is 3. The van der Waals surface area contributed by atoms with Gasteiger partial charge in [0.05, 0.1) is 18.3 Å². The monoisotopic (exact) mass is 335 g/mol. The SMILES string of the molecule is COCC(O)CN(C)C(=O)c1ccc(-c2ccc(F)cc2)cc1F. The summed E-state index contributed by atoms with van der Waals surface area (Å²) in [7, 11) is 2.92. The van der Waals surface area contributed by atoms with Gasteiger partial charge in [-0.05, 0) is 35.4 Å². The molecular weight excluding hydrogens is 316 g/mol. The maximum absolute atomic E-state index is 14.3. The third kappa shape index (κ3) is 4.37. The molecule has 6 heteroatoms. The number of halogens is 2. The van der Waals surface area contributed by atoms with Crippen molar-refractivity contribution in [2.45, 2.75) is 6.10 Å². The second-order valence-corrected chi connectivity index (χ2v) is 5.50. The van der Waals surface area contributed by atoms with Gasteiger partial charge in [-0.1, -0.05) is 18.2 Å². The van der Waals surface area contributed by atoms with Gasteiger partial charge in [-0.25, -0.2) is 8.78 Å². The maximum atomic E-state index is 14.3. The Balaban J connectivity index is 2.17. The zero-order valence-corrected chi connectivity index (χ0v) is 13.5.